The largest absolute Gasteiger partial charge is 0.385 e. The van der Waals surface area contributed by atoms with Crippen molar-refractivity contribution in [2.24, 2.45) is 0 Å². The highest BCUT2D eigenvalue weighted by Crippen LogP contribution is 2.02. The van der Waals surface area contributed by atoms with Crippen molar-refractivity contribution >= 4 is 0 Å². The summed E-state index contributed by atoms with van der Waals surface area (Å²) in [7, 11) is 1.68. The van der Waals surface area contributed by atoms with Gasteiger partial charge in [-0.05, 0) is 33.1 Å². The van der Waals surface area contributed by atoms with Crippen LogP contribution in [0, 0.1) is 0 Å². The van der Waals surface area contributed by atoms with Crippen molar-refractivity contribution in [3.8, 4) is 0 Å². The molecule has 0 unspecified atom stereocenters. The Morgan fingerprint density at radius 1 is 1.31 bits per heavy atom. The standard InChI is InChI=1S/C5H10O.C3H8O.C3H6/c1-2-4-6-5-3-1;1-3-4-2;1-3-2/h1-5H2;3H2,1-2H3;3H,1H2,2H3. The molecule has 0 aromatic rings. The molecule has 2 heteroatoms. The lowest BCUT2D eigenvalue weighted by molar-refractivity contribution is 0.0968. The van der Waals surface area contributed by atoms with Gasteiger partial charge in [-0.25, -0.2) is 0 Å². The van der Waals surface area contributed by atoms with Gasteiger partial charge in [-0.1, -0.05) is 6.08 Å². The van der Waals surface area contributed by atoms with Gasteiger partial charge in [-0.3, -0.25) is 0 Å². The van der Waals surface area contributed by atoms with E-state index in [4.69, 9.17) is 4.74 Å². The molecule has 0 bridgehead atoms. The topological polar surface area (TPSA) is 18.5 Å². The molecule has 0 amide bonds. The van der Waals surface area contributed by atoms with E-state index in [-0.39, 0.29) is 0 Å². The van der Waals surface area contributed by atoms with Crippen LogP contribution in [0.2, 0.25) is 0 Å². The summed E-state index contributed by atoms with van der Waals surface area (Å²) < 4.78 is 9.61. The Morgan fingerprint density at radius 2 is 1.69 bits per heavy atom. The molecule has 1 saturated heterocycles. The molecule has 0 atom stereocenters. The molecular formula is C11H24O2. The predicted octanol–water partition coefficient (Wildman–Crippen LogP) is 3.03. The van der Waals surface area contributed by atoms with Gasteiger partial charge in [0.1, 0.15) is 0 Å². The van der Waals surface area contributed by atoms with E-state index in [1.54, 1.807) is 13.2 Å². The van der Waals surface area contributed by atoms with Crippen molar-refractivity contribution in [2.75, 3.05) is 26.9 Å². The van der Waals surface area contributed by atoms with Gasteiger partial charge < -0.3 is 9.47 Å². The first-order valence-corrected chi connectivity index (χ1v) is 4.97. The molecule has 0 saturated carbocycles. The van der Waals surface area contributed by atoms with Crippen LogP contribution in [0.25, 0.3) is 0 Å². The monoisotopic (exact) mass is 188 g/mol. The first kappa shape index (κ1) is 15.1. The van der Waals surface area contributed by atoms with Gasteiger partial charge in [0.05, 0.1) is 0 Å². The van der Waals surface area contributed by atoms with Gasteiger partial charge >= 0.3 is 0 Å². The third-order valence-electron chi connectivity index (χ3n) is 1.37. The highest BCUT2D eigenvalue weighted by Gasteiger charge is 1.94. The van der Waals surface area contributed by atoms with Crippen LogP contribution in [-0.4, -0.2) is 26.9 Å². The number of allylic oxidation sites excluding steroid dienone is 1. The van der Waals surface area contributed by atoms with Gasteiger partial charge in [0.15, 0.2) is 0 Å². The summed E-state index contributed by atoms with van der Waals surface area (Å²) in [5, 5.41) is 0. The Labute approximate surface area is 82.9 Å². The third kappa shape index (κ3) is 24.5. The van der Waals surface area contributed by atoms with Crippen molar-refractivity contribution < 1.29 is 9.47 Å². The Bertz CT molecular complexity index is 64.6. The van der Waals surface area contributed by atoms with Crippen LogP contribution in [-0.2, 0) is 9.47 Å². The zero-order chi connectivity index (χ0) is 10.4. The molecule has 0 radical (unpaired) electrons. The molecule has 13 heavy (non-hydrogen) atoms. The molecule has 0 spiro atoms. The molecule has 0 aliphatic carbocycles. The van der Waals surface area contributed by atoms with E-state index in [0.29, 0.717) is 0 Å². The summed E-state index contributed by atoms with van der Waals surface area (Å²) in [4.78, 5) is 0. The van der Waals surface area contributed by atoms with Crippen LogP contribution < -0.4 is 0 Å². The summed E-state index contributed by atoms with van der Waals surface area (Å²) in [5.74, 6) is 0. The molecule has 1 rings (SSSR count). The minimum atomic E-state index is 0.819. The fourth-order valence-corrected chi connectivity index (χ4v) is 0.687. The second kappa shape index (κ2) is 17.7. The second-order valence-electron chi connectivity index (χ2n) is 2.66. The molecule has 0 N–H and O–H groups in total. The van der Waals surface area contributed by atoms with E-state index < -0.39 is 0 Å². The lowest BCUT2D eigenvalue weighted by atomic mass is 10.2. The van der Waals surface area contributed by atoms with Crippen LogP contribution in [0.4, 0.5) is 0 Å². The molecule has 1 aliphatic rings. The maximum atomic E-state index is 5.07. The maximum Gasteiger partial charge on any atom is 0.0466 e. The molecule has 1 heterocycles. The minimum absolute atomic E-state index is 0.819. The van der Waals surface area contributed by atoms with Gasteiger partial charge in [-0.2, -0.15) is 0 Å². The first-order valence-electron chi connectivity index (χ1n) is 4.97. The Hall–Kier alpha value is -0.340. The van der Waals surface area contributed by atoms with Gasteiger partial charge in [0, 0.05) is 26.9 Å². The molecule has 80 valence electrons. The van der Waals surface area contributed by atoms with Gasteiger partial charge in [0.25, 0.3) is 0 Å². The molecular weight excluding hydrogens is 164 g/mol. The Balaban J connectivity index is 0. The molecule has 2 nitrogen and oxygen atoms in total. The normalized spacial score (nSPS) is 14.4. The van der Waals surface area contributed by atoms with Crippen LogP contribution in [0.5, 0.6) is 0 Å². The van der Waals surface area contributed by atoms with Gasteiger partial charge in [0.2, 0.25) is 0 Å². The van der Waals surface area contributed by atoms with Crippen molar-refractivity contribution in [3.05, 3.63) is 12.7 Å². The Kier molecular flexibility index (Phi) is 20.6. The summed E-state index contributed by atoms with van der Waals surface area (Å²) in [6, 6.07) is 0. The zero-order valence-electron chi connectivity index (χ0n) is 9.34. The van der Waals surface area contributed by atoms with Crippen molar-refractivity contribution in [1.82, 2.24) is 0 Å². The molecule has 0 aromatic heterocycles. The van der Waals surface area contributed by atoms with E-state index in [0.717, 1.165) is 19.8 Å². The highest BCUT2D eigenvalue weighted by molar-refractivity contribution is 4.51. The van der Waals surface area contributed by atoms with Crippen LogP contribution in [0.1, 0.15) is 33.1 Å². The maximum absolute atomic E-state index is 5.07. The second-order valence-corrected chi connectivity index (χ2v) is 2.66. The van der Waals surface area contributed by atoms with E-state index >= 15 is 0 Å². The quantitative estimate of drug-likeness (QED) is 0.589. The number of hydrogen-bond donors (Lipinski definition) is 0. The summed E-state index contributed by atoms with van der Waals surface area (Å²) in [6.45, 7) is 10.0. The number of ether oxygens (including phenoxy) is 2. The molecule has 0 aromatic carbocycles. The number of hydrogen-bond acceptors (Lipinski definition) is 2. The SMILES string of the molecule is C1CCOCC1.C=CC.CCOC. The number of methoxy groups -OCH3 is 1. The zero-order valence-corrected chi connectivity index (χ0v) is 9.34. The lowest BCUT2D eigenvalue weighted by Gasteiger charge is -2.08. The first-order chi connectivity index (χ1) is 6.33. The average molecular weight is 188 g/mol. The highest BCUT2D eigenvalue weighted by atomic mass is 16.5. The van der Waals surface area contributed by atoms with Gasteiger partial charge in [-0.15, -0.1) is 6.58 Å². The summed E-state index contributed by atoms with van der Waals surface area (Å²) in [6.07, 6.45) is 5.68. The van der Waals surface area contributed by atoms with Crippen LogP contribution in [0.15, 0.2) is 12.7 Å². The molecule has 1 fully saturated rings. The van der Waals surface area contributed by atoms with E-state index in [1.165, 1.54) is 19.3 Å². The van der Waals surface area contributed by atoms with E-state index in [2.05, 4.69) is 11.3 Å². The lowest BCUT2D eigenvalue weighted by Crippen LogP contribution is -2.03. The van der Waals surface area contributed by atoms with E-state index in [1.807, 2.05) is 13.8 Å². The Morgan fingerprint density at radius 3 is 1.77 bits per heavy atom. The van der Waals surface area contributed by atoms with Crippen molar-refractivity contribution in [3.63, 3.8) is 0 Å². The fraction of sp³-hybridized carbons (Fsp3) is 0.818. The minimum Gasteiger partial charge on any atom is -0.385 e. The fourth-order valence-electron chi connectivity index (χ4n) is 0.687. The molecule has 1 aliphatic heterocycles. The number of rotatable bonds is 1. The van der Waals surface area contributed by atoms with Crippen molar-refractivity contribution in [2.45, 2.75) is 33.1 Å². The average Bonchev–Trinajstić information content (AvgIpc) is 2.22. The van der Waals surface area contributed by atoms with Crippen molar-refractivity contribution in [1.29, 1.82) is 0 Å². The van der Waals surface area contributed by atoms with Crippen LogP contribution >= 0.6 is 0 Å². The summed E-state index contributed by atoms with van der Waals surface area (Å²) in [5.41, 5.74) is 0. The smallest absolute Gasteiger partial charge is 0.0466 e. The predicted molar refractivity (Wildman–Crippen MR) is 58.1 cm³/mol. The van der Waals surface area contributed by atoms with Crippen LogP contribution in [0.3, 0.4) is 0 Å². The summed E-state index contributed by atoms with van der Waals surface area (Å²) >= 11 is 0. The third-order valence-corrected chi connectivity index (χ3v) is 1.37. The van der Waals surface area contributed by atoms with E-state index in [9.17, 15) is 0 Å².